The van der Waals surface area contributed by atoms with Gasteiger partial charge in [0.15, 0.2) is 18.1 Å². The van der Waals surface area contributed by atoms with Crippen molar-refractivity contribution in [2.45, 2.75) is 13.2 Å². The maximum absolute atomic E-state index is 12.1. The van der Waals surface area contributed by atoms with Crippen molar-refractivity contribution in [3.05, 3.63) is 88.5 Å². The molecule has 0 aliphatic heterocycles. The van der Waals surface area contributed by atoms with Crippen LogP contribution < -0.4 is 19.6 Å². The van der Waals surface area contributed by atoms with Crippen LogP contribution >= 0.6 is 0 Å². The summed E-state index contributed by atoms with van der Waals surface area (Å²) in [6.07, 6.45) is 1.21. The first kappa shape index (κ1) is 20.0. The number of para-hydroxylation sites is 2. The molecule has 0 radical (unpaired) electrons. The molecule has 7 nitrogen and oxygen atoms in total. The van der Waals surface area contributed by atoms with Gasteiger partial charge >= 0.3 is 5.97 Å². The van der Waals surface area contributed by atoms with E-state index in [0.29, 0.717) is 11.5 Å². The number of hydrogen-bond acceptors (Lipinski definition) is 7. The molecule has 0 unspecified atom stereocenters. The predicted molar refractivity (Wildman–Crippen MR) is 104 cm³/mol. The van der Waals surface area contributed by atoms with Crippen molar-refractivity contribution in [3.63, 3.8) is 0 Å². The van der Waals surface area contributed by atoms with Crippen molar-refractivity contribution in [1.82, 2.24) is 0 Å². The summed E-state index contributed by atoms with van der Waals surface area (Å²) >= 11 is 0. The smallest absolute Gasteiger partial charge is 0.344 e. The summed E-state index contributed by atoms with van der Waals surface area (Å²) in [6, 6.07) is 17.6. The van der Waals surface area contributed by atoms with Gasteiger partial charge in [-0.1, -0.05) is 42.5 Å². The average molecular weight is 396 g/mol. The lowest BCUT2D eigenvalue weighted by Crippen LogP contribution is -2.16. The molecule has 1 heterocycles. The zero-order valence-corrected chi connectivity index (χ0v) is 15.8. The van der Waals surface area contributed by atoms with Gasteiger partial charge in [0.05, 0.1) is 7.11 Å². The molecule has 29 heavy (non-hydrogen) atoms. The second-order valence-electron chi connectivity index (χ2n) is 5.95. The Bertz CT molecular complexity index is 995. The van der Waals surface area contributed by atoms with E-state index in [0.717, 1.165) is 5.56 Å². The number of carbonyl (C=O) groups excluding carboxylic acids is 1. The van der Waals surface area contributed by atoms with Crippen LogP contribution in [0.15, 0.2) is 76.1 Å². The molecule has 0 saturated carbocycles. The predicted octanol–water partition coefficient (Wildman–Crippen LogP) is 3.35. The van der Waals surface area contributed by atoms with E-state index in [4.69, 9.17) is 23.4 Å². The lowest BCUT2D eigenvalue weighted by Gasteiger charge is -2.10. The summed E-state index contributed by atoms with van der Waals surface area (Å²) < 4.78 is 26.4. The SMILES string of the molecule is COc1ccccc1OCC(=O)OCc1cc(=O)c(OCc2ccccc2)co1. The largest absolute Gasteiger partial charge is 0.493 e. The van der Waals surface area contributed by atoms with Crippen molar-refractivity contribution in [1.29, 1.82) is 0 Å². The lowest BCUT2D eigenvalue weighted by atomic mass is 10.2. The third-order valence-corrected chi connectivity index (χ3v) is 3.88. The molecule has 0 fully saturated rings. The third kappa shape index (κ3) is 5.87. The molecule has 0 amide bonds. The van der Waals surface area contributed by atoms with Crippen LogP contribution in [0.5, 0.6) is 17.2 Å². The highest BCUT2D eigenvalue weighted by atomic mass is 16.6. The Labute approximate surface area is 167 Å². The molecule has 0 bridgehead atoms. The van der Waals surface area contributed by atoms with Crippen LogP contribution in [0.1, 0.15) is 11.3 Å². The van der Waals surface area contributed by atoms with Gasteiger partial charge in [-0.2, -0.15) is 0 Å². The minimum Gasteiger partial charge on any atom is -0.493 e. The van der Waals surface area contributed by atoms with Gasteiger partial charge in [-0.15, -0.1) is 0 Å². The van der Waals surface area contributed by atoms with Crippen molar-refractivity contribution in [3.8, 4) is 17.2 Å². The van der Waals surface area contributed by atoms with Crippen LogP contribution in [0.25, 0.3) is 0 Å². The van der Waals surface area contributed by atoms with Gasteiger partial charge in [-0.05, 0) is 17.7 Å². The first-order valence-corrected chi connectivity index (χ1v) is 8.85. The Kier molecular flexibility index (Phi) is 6.89. The molecule has 0 spiro atoms. The van der Waals surface area contributed by atoms with Gasteiger partial charge in [-0.3, -0.25) is 4.79 Å². The minimum atomic E-state index is -0.608. The van der Waals surface area contributed by atoms with Gasteiger partial charge in [0.1, 0.15) is 25.2 Å². The normalized spacial score (nSPS) is 10.2. The zero-order valence-electron chi connectivity index (χ0n) is 15.8. The molecule has 1 aromatic heterocycles. The van der Waals surface area contributed by atoms with Gasteiger partial charge < -0.3 is 23.4 Å². The van der Waals surface area contributed by atoms with Gasteiger partial charge in [0.25, 0.3) is 0 Å². The first-order valence-electron chi connectivity index (χ1n) is 8.85. The van der Waals surface area contributed by atoms with E-state index in [-0.39, 0.29) is 36.8 Å². The Morgan fingerprint density at radius 2 is 1.62 bits per heavy atom. The number of hydrogen-bond donors (Lipinski definition) is 0. The number of esters is 1. The quantitative estimate of drug-likeness (QED) is 0.513. The number of carbonyl (C=O) groups is 1. The summed E-state index contributed by atoms with van der Waals surface area (Å²) in [4.78, 5) is 24.0. The Hall–Kier alpha value is -3.74. The van der Waals surface area contributed by atoms with Gasteiger partial charge in [0.2, 0.25) is 11.2 Å². The van der Waals surface area contributed by atoms with E-state index in [1.54, 1.807) is 24.3 Å². The summed E-state index contributed by atoms with van der Waals surface area (Å²) in [5.74, 6) is 0.620. The Morgan fingerprint density at radius 1 is 0.897 bits per heavy atom. The van der Waals surface area contributed by atoms with Crippen molar-refractivity contribution in [2.75, 3.05) is 13.7 Å². The average Bonchev–Trinajstić information content (AvgIpc) is 2.76. The number of benzene rings is 2. The van der Waals surface area contributed by atoms with E-state index in [2.05, 4.69) is 0 Å². The molecule has 7 heteroatoms. The van der Waals surface area contributed by atoms with Crippen molar-refractivity contribution in [2.24, 2.45) is 0 Å². The van der Waals surface area contributed by atoms with Gasteiger partial charge in [-0.25, -0.2) is 4.79 Å². The zero-order chi connectivity index (χ0) is 20.5. The van der Waals surface area contributed by atoms with Crippen LogP contribution in [-0.2, 0) is 22.7 Å². The summed E-state index contributed by atoms with van der Waals surface area (Å²) in [7, 11) is 1.51. The molecule has 0 N–H and O–H groups in total. The fraction of sp³-hybridized carbons (Fsp3) is 0.182. The minimum absolute atomic E-state index is 0.0865. The fourth-order valence-corrected chi connectivity index (χ4v) is 2.42. The molecule has 0 aliphatic carbocycles. The van der Waals surface area contributed by atoms with Crippen LogP contribution in [0.3, 0.4) is 0 Å². The van der Waals surface area contributed by atoms with Crippen LogP contribution in [0.4, 0.5) is 0 Å². The number of rotatable bonds is 9. The van der Waals surface area contributed by atoms with Crippen molar-refractivity contribution >= 4 is 5.97 Å². The molecule has 0 aliphatic rings. The van der Waals surface area contributed by atoms with E-state index in [1.807, 2.05) is 30.3 Å². The standard InChI is InChI=1S/C22H20O7/c1-25-19-9-5-6-10-20(19)28-15-22(24)29-13-17-11-18(23)21(14-26-17)27-12-16-7-3-2-4-8-16/h2-11,14H,12-13,15H2,1H3. The monoisotopic (exact) mass is 396 g/mol. The highest BCUT2D eigenvalue weighted by molar-refractivity contribution is 5.71. The van der Waals surface area contributed by atoms with E-state index >= 15 is 0 Å². The molecular formula is C22H20O7. The highest BCUT2D eigenvalue weighted by Gasteiger charge is 2.10. The second kappa shape index (κ2) is 9.98. The first-order chi connectivity index (χ1) is 14.2. The number of ether oxygens (including phenoxy) is 4. The molecule has 3 rings (SSSR count). The number of methoxy groups -OCH3 is 1. The molecule has 0 saturated heterocycles. The summed E-state index contributed by atoms with van der Waals surface area (Å²) in [5.41, 5.74) is 0.573. The molecular weight excluding hydrogens is 376 g/mol. The van der Waals surface area contributed by atoms with Crippen LogP contribution in [-0.4, -0.2) is 19.7 Å². The molecule has 2 aromatic carbocycles. The van der Waals surface area contributed by atoms with Crippen LogP contribution in [0.2, 0.25) is 0 Å². The molecule has 3 aromatic rings. The van der Waals surface area contributed by atoms with E-state index < -0.39 is 5.97 Å². The maximum atomic E-state index is 12.1. The fourth-order valence-electron chi connectivity index (χ4n) is 2.42. The molecule has 0 atom stereocenters. The topological polar surface area (TPSA) is 84.2 Å². The molecule has 150 valence electrons. The second-order valence-corrected chi connectivity index (χ2v) is 5.95. The van der Waals surface area contributed by atoms with Crippen LogP contribution in [0, 0.1) is 0 Å². The lowest BCUT2D eigenvalue weighted by molar-refractivity contribution is -0.147. The highest BCUT2D eigenvalue weighted by Crippen LogP contribution is 2.25. The van der Waals surface area contributed by atoms with E-state index in [9.17, 15) is 9.59 Å². The summed E-state index contributed by atoms with van der Waals surface area (Å²) in [6.45, 7) is -0.245. The van der Waals surface area contributed by atoms with Gasteiger partial charge in [0, 0.05) is 6.07 Å². The maximum Gasteiger partial charge on any atom is 0.344 e. The Balaban J connectivity index is 1.48. The summed E-state index contributed by atoms with van der Waals surface area (Å²) in [5, 5.41) is 0. The van der Waals surface area contributed by atoms with E-state index in [1.165, 1.54) is 19.4 Å². The third-order valence-electron chi connectivity index (χ3n) is 3.88. The van der Waals surface area contributed by atoms with Crippen molar-refractivity contribution < 1.29 is 28.2 Å². The Morgan fingerprint density at radius 3 is 2.34 bits per heavy atom.